The van der Waals surface area contributed by atoms with Crippen LogP contribution in [0.2, 0.25) is 0 Å². The lowest BCUT2D eigenvalue weighted by Crippen LogP contribution is -2.35. The van der Waals surface area contributed by atoms with Gasteiger partial charge in [0.05, 0.1) is 35.6 Å². The summed E-state index contributed by atoms with van der Waals surface area (Å²) in [7, 11) is 3.04. The Kier molecular flexibility index (Phi) is 11.9. The van der Waals surface area contributed by atoms with Crippen LogP contribution < -0.4 is 29.8 Å². The normalized spacial score (nSPS) is 10.9. The van der Waals surface area contributed by atoms with Crippen LogP contribution in [-0.2, 0) is 22.8 Å². The van der Waals surface area contributed by atoms with Crippen molar-refractivity contribution in [2.24, 2.45) is 10.2 Å². The van der Waals surface area contributed by atoms with Gasteiger partial charge in [-0.05, 0) is 78.4 Å². The van der Waals surface area contributed by atoms with Crippen LogP contribution in [0.4, 0.5) is 0 Å². The molecule has 0 spiro atoms. The summed E-state index contributed by atoms with van der Waals surface area (Å²) in [5.74, 6) is -0.0303. The van der Waals surface area contributed by atoms with Crippen molar-refractivity contribution < 1.29 is 28.5 Å². The van der Waals surface area contributed by atoms with Gasteiger partial charge in [0.2, 0.25) is 0 Å². The molecule has 10 nitrogen and oxygen atoms in total. The first-order valence-corrected chi connectivity index (χ1v) is 14.7. The Morgan fingerprint density at radius 3 is 1.41 bits per heavy atom. The van der Waals surface area contributed by atoms with Gasteiger partial charge in [-0.3, -0.25) is 9.59 Å². The fourth-order valence-electron chi connectivity index (χ4n) is 3.80. The Labute approximate surface area is 271 Å². The van der Waals surface area contributed by atoms with Crippen molar-refractivity contribution in [3.05, 3.63) is 116 Å². The molecule has 0 aliphatic heterocycles. The lowest BCUT2D eigenvalue weighted by atomic mass is 10.2. The highest BCUT2D eigenvalue weighted by Crippen LogP contribution is 2.38. The van der Waals surface area contributed by atoms with Crippen molar-refractivity contribution in [3.8, 4) is 23.0 Å². The van der Waals surface area contributed by atoms with Crippen molar-refractivity contribution in [3.63, 3.8) is 0 Å². The Hall–Kier alpha value is -4.68. The van der Waals surface area contributed by atoms with E-state index in [1.165, 1.54) is 26.6 Å². The minimum absolute atomic E-state index is 0.357. The van der Waals surface area contributed by atoms with Gasteiger partial charge in [0, 0.05) is 0 Å². The number of carbonyl (C=O) groups is 2. The first kappa shape index (κ1) is 32.2. The Bertz CT molecular complexity index is 1530. The molecule has 0 bridgehead atoms. The number of hydrazone groups is 2. The van der Waals surface area contributed by atoms with Gasteiger partial charge in [0.15, 0.2) is 23.0 Å². The van der Waals surface area contributed by atoms with Gasteiger partial charge in [-0.15, -0.1) is 0 Å². The second-order valence-electron chi connectivity index (χ2n) is 9.02. The molecule has 4 rings (SSSR count). The SMILES string of the molecule is COc1cc(C=NNC(=O)C(=O)NN=Cc2cc(Br)c(OCc3ccccc3)c(OC)c2)cc(Br)c1OCc1ccccc1. The number of hydrogen-bond acceptors (Lipinski definition) is 8. The van der Waals surface area contributed by atoms with Crippen molar-refractivity contribution >= 4 is 56.1 Å². The largest absolute Gasteiger partial charge is 0.493 e. The number of nitrogens with zero attached hydrogens (tertiary/aromatic N) is 2. The van der Waals surface area contributed by atoms with E-state index < -0.39 is 11.8 Å². The molecule has 0 aromatic heterocycles. The lowest BCUT2D eigenvalue weighted by molar-refractivity contribution is -0.139. The number of amides is 2. The predicted molar refractivity (Wildman–Crippen MR) is 174 cm³/mol. The molecule has 0 heterocycles. The first-order valence-electron chi connectivity index (χ1n) is 13.1. The van der Waals surface area contributed by atoms with Crippen LogP contribution in [0.1, 0.15) is 22.3 Å². The fraction of sp³-hybridized carbons (Fsp3) is 0.125. The lowest BCUT2D eigenvalue weighted by Gasteiger charge is -2.13. The highest BCUT2D eigenvalue weighted by Gasteiger charge is 2.14. The van der Waals surface area contributed by atoms with Crippen LogP contribution in [-0.4, -0.2) is 38.5 Å². The number of benzene rings is 4. The van der Waals surface area contributed by atoms with E-state index in [9.17, 15) is 9.59 Å². The van der Waals surface area contributed by atoms with E-state index in [0.717, 1.165) is 11.1 Å². The van der Waals surface area contributed by atoms with Crippen LogP contribution in [0.3, 0.4) is 0 Å². The van der Waals surface area contributed by atoms with Gasteiger partial charge in [-0.25, -0.2) is 10.9 Å². The number of nitrogens with one attached hydrogen (secondary N) is 2. The molecule has 0 saturated heterocycles. The number of ether oxygens (including phenoxy) is 4. The quantitative estimate of drug-likeness (QED) is 0.105. The highest BCUT2D eigenvalue weighted by atomic mass is 79.9. The molecule has 12 heteroatoms. The molecule has 4 aromatic carbocycles. The molecule has 0 aliphatic rings. The summed E-state index contributed by atoms with van der Waals surface area (Å²) in [6.07, 6.45) is 2.74. The van der Waals surface area contributed by atoms with Crippen molar-refractivity contribution in [2.45, 2.75) is 13.2 Å². The second kappa shape index (κ2) is 16.2. The van der Waals surface area contributed by atoms with E-state index in [0.29, 0.717) is 56.3 Å². The van der Waals surface area contributed by atoms with E-state index in [1.54, 1.807) is 24.3 Å². The van der Waals surface area contributed by atoms with Gasteiger partial charge < -0.3 is 18.9 Å². The summed E-state index contributed by atoms with van der Waals surface area (Å²) in [5, 5.41) is 7.72. The van der Waals surface area contributed by atoms with Crippen molar-refractivity contribution in [1.82, 2.24) is 10.9 Å². The molecule has 2 amide bonds. The van der Waals surface area contributed by atoms with E-state index in [4.69, 9.17) is 18.9 Å². The maximum absolute atomic E-state index is 12.2. The standard InChI is InChI=1S/C32H28Br2N4O6/c1-41-27-15-23(13-25(33)29(27)43-19-21-9-5-3-6-10-21)17-35-37-31(39)32(40)38-36-18-24-14-26(34)30(28(16-24)42-2)44-20-22-11-7-4-8-12-22/h3-18H,19-20H2,1-2H3,(H,37,39)(H,38,40). The molecule has 0 saturated carbocycles. The molecule has 0 radical (unpaired) electrons. The molecular formula is C32H28Br2N4O6. The molecule has 2 N–H and O–H groups in total. The van der Waals surface area contributed by atoms with Crippen LogP contribution in [0.15, 0.2) is 104 Å². The van der Waals surface area contributed by atoms with E-state index in [2.05, 4.69) is 52.9 Å². The molecule has 0 atom stereocenters. The van der Waals surface area contributed by atoms with E-state index in [-0.39, 0.29) is 0 Å². The Balaban J connectivity index is 1.30. The monoisotopic (exact) mass is 722 g/mol. The molecule has 0 fully saturated rings. The number of methoxy groups -OCH3 is 2. The van der Waals surface area contributed by atoms with Gasteiger partial charge in [0.25, 0.3) is 0 Å². The number of rotatable bonds is 12. The van der Waals surface area contributed by atoms with Gasteiger partial charge in [-0.1, -0.05) is 60.7 Å². The van der Waals surface area contributed by atoms with Crippen LogP contribution >= 0.6 is 31.9 Å². The number of hydrogen-bond donors (Lipinski definition) is 2. The summed E-state index contributed by atoms with van der Waals surface area (Å²) in [5.41, 5.74) is 7.55. The maximum atomic E-state index is 12.2. The summed E-state index contributed by atoms with van der Waals surface area (Å²) in [6.45, 7) is 0.715. The molecule has 0 unspecified atom stereocenters. The van der Waals surface area contributed by atoms with Gasteiger partial charge >= 0.3 is 11.8 Å². The third-order valence-electron chi connectivity index (χ3n) is 5.92. The van der Waals surface area contributed by atoms with E-state index >= 15 is 0 Å². The maximum Gasteiger partial charge on any atom is 0.331 e. The number of halogens is 2. The average molecular weight is 724 g/mol. The summed E-state index contributed by atoms with van der Waals surface area (Å²) < 4.78 is 24.0. The summed E-state index contributed by atoms with van der Waals surface area (Å²) in [4.78, 5) is 24.4. The minimum atomic E-state index is -1.00. The Morgan fingerprint density at radius 1 is 0.659 bits per heavy atom. The zero-order valence-corrected chi connectivity index (χ0v) is 26.9. The molecular weight excluding hydrogens is 696 g/mol. The highest BCUT2D eigenvalue weighted by molar-refractivity contribution is 9.11. The van der Waals surface area contributed by atoms with Crippen LogP contribution in [0, 0.1) is 0 Å². The van der Waals surface area contributed by atoms with E-state index in [1.807, 2.05) is 60.7 Å². The third kappa shape index (κ3) is 9.16. The van der Waals surface area contributed by atoms with Gasteiger partial charge in [-0.2, -0.15) is 10.2 Å². The van der Waals surface area contributed by atoms with Crippen LogP contribution in [0.5, 0.6) is 23.0 Å². The Morgan fingerprint density at radius 2 is 1.05 bits per heavy atom. The average Bonchev–Trinajstić information content (AvgIpc) is 3.04. The zero-order valence-electron chi connectivity index (χ0n) is 23.8. The molecule has 4 aromatic rings. The molecule has 0 aliphatic carbocycles. The minimum Gasteiger partial charge on any atom is -0.493 e. The molecule has 44 heavy (non-hydrogen) atoms. The second-order valence-corrected chi connectivity index (χ2v) is 10.7. The number of carbonyl (C=O) groups excluding carboxylic acids is 2. The fourth-order valence-corrected chi connectivity index (χ4v) is 4.95. The summed E-state index contributed by atoms with van der Waals surface area (Å²) in [6, 6.07) is 26.3. The first-order chi connectivity index (χ1) is 21.4. The topological polar surface area (TPSA) is 120 Å². The van der Waals surface area contributed by atoms with Gasteiger partial charge in [0.1, 0.15) is 13.2 Å². The predicted octanol–water partition coefficient (Wildman–Crippen LogP) is 5.99. The smallest absolute Gasteiger partial charge is 0.331 e. The third-order valence-corrected chi connectivity index (χ3v) is 7.10. The van der Waals surface area contributed by atoms with Crippen molar-refractivity contribution in [1.29, 1.82) is 0 Å². The van der Waals surface area contributed by atoms with Crippen LogP contribution in [0.25, 0.3) is 0 Å². The summed E-state index contributed by atoms with van der Waals surface area (Å²) >= 11 is 6.97. The molecule has 226 valence electrons. The zero-order chi connectivity index (χ0) is 31.3. The van der Waals surface area contributed by atoms with Crippen molar-refractivity contribution in [2.75, 3.05) is 14.2 Å².